The molecule has 372 valence electrons. The zero-order chi connectivity index (χ0) is 47.4. The molecule has 0 aromatic rings. The van der Waals surface area contributed by atoms with Gasteiger partial charge in [-0.2, -0.15) is 0 Å². The van der Waals surface area contributed by atoms with Crippen LogP contribution in [0.15, 0.2) is 97.2 Å². The monoisotopic (exact) mass is 904 g/mol. The Morgan fingerprint density at radius 2 is 0.862 bits per heavy atom. The first-order valence-electron chi connectivity index (χ1n) is 27.0. The summed E-state index contributed by atoms with van der Waals surface area (Å²) >= 11 is 0. The van der Waals surface area contributed by atoms with Crippen LogP contribution in [0.2, 0.25) is 0 Å². The zero-order valence-corrected chi connectivity index (χ0v) is 42.3. The Kier molecular flexibility index (Phi) is 49.2. The number of rotatable bonds is 47. The Morgan fingerprint density at radius 3 is 1.38 bits per heavy atom. The molecule has 3 N–H and O–H groups in total. The first-order chi connectivity index (χ1) is 32.0. The number of nitrogens with one attached hydrogen (secondary N) is 1. The van der Waals surface area contributed by atoms with Crippen LogP contribution in [0.25, 0.3) is 0 Å². The van der Waals surface area contributed by atoms with Crippen molar-refractivity contribution in [3.05, 3.63) is 97.2 Å². The number of amides is 1. The van der Waals surface area contributed by atoms with Crippen molar-refractivity contribution in [2.24, 2.45) is 0 Å². The molecule has 0 saturated carbocycles. The summed E-state index contributed by atoms with van der Waals surface area (Å²) in [6, 6.07) is -0.730. The van der Waals surface area contributed by atoms with Crippen LogP contribution in [0.3, 0.4) is 0 Å². The number of carbonyl (C=O) groups is 2. The highest BCUT2D eigenvalue weighted by atomic mass is 16.5. The molecule has 0 spiro atoms. The van der Waals surface area contributed by atoms with Crippen molar-refractivity contribution in [3.8, 4) is 0 Å². The van der Waals surface area contributed by atoms with Crippen molar-refractivity contribution >= 4 is 11.9 Å². The predicted molar refractivity (Wildman–Crippen MR) is 282 cm³/mol. The van der Waals surface area contributed by atoms with E-state index in [1.165, 1.54) is 96.3 Å². The number of unbranched alkanes of at least 4 members (excludes halogenated alkanes) is 22. The van der Waals surface area contributed by atoms with Gasteiger partial charge in [0.1, 0.15) is 6.10 Å². The average Bonchev–Trinajstić information content (AvgIpc) is 3.30. The molecule has 0 aromatic heterocycles. The van der Waals surface area contributed by atoms with Gasteiger partial charge in [-0.15, -0.1) is 0 Å². The van der Waals surface area contributed by atoms with E-state index in [4.69, 9.17) is 4.74 Å². The number of aliphatic hydroxyl groups is 2. The van der Waals surface area contributed by atoms with Gasteiger partial charge in [0.25, 0.3) is 0 Å². The molecular weight excluding hydrogens is 803 g/mol. The summed E-state index contributed by atoms with van der Waals surface area (Å²) in [5.41, 5.74) is 0. The second kappa shape index (κ2) is 51.8. The molecule has 1 amide bonds. The van der Waals surface area contributed by atoms with Gasteiger partial charge >= 0.3 is 5.97 Å². The van der Waals surface area contributed by atoms with Gasteiger partial charge in [0.05, 0.1) is 25.2 Å². The summed E-state index contributed by atoms with van der Waals surface area (Å²) in [5.74, 6) is -0.560. The molecule has 0 aliphatic rings. The topological polar surface area (TPSA) is 95.9 Å². The minimum Gasteiger partial charge on any atom is -0.462 e. The third-order valence-electron chi connectivity index (χ3n) is 11.7. The minimum atomic E-state index is -0.811. The zero-order valence-electron chi connectivity index (χ0n) is 42.3. The number of aliphatic hydroxyl groups excluding tert-OH is 2. The lowest BCUT2D eigenvalue weighted by atomic mass is 10.0. The fraction of sp³-hybridized carbons (Fsp3) is 0.695. The fourth-order valence-corrected chi connectivity index (χ4v) is 7.61. The Hall–Kier alpha value is -3.22. The number of ether oxygens (including phenoxy) is 1. The first-order valence-corrected chi connectivity index (χ1v) is 27.0. The fourth-order valence-electron chi connectivity index (χ4n) is 7.61. The lowest BCUT2D eigenvalue weighted by Crippen LogP contribution is -2.46. The van der Waals surface area contributed by atoms with E-state index in [1.807, 2.05) is 0 Å². The van der Waals surface area contributed by atoms with Crippen LogP contribution in [0.4, 0.5) is 0 Å². The van der Waals surface area contributed by atoms with E-state index in [0.29, 0.717) is 19.3 Å². The lowest BCUT2D eigenvalue weighted by Gasteiger charge is -2.24. The van der Waals surface area contributed by atoms with Crippen LogP contribution in [0.5, 0.6) is 0 Å². The molecular formula is C59H101NO5. The number of hydrogen-bond donors (Lipinski definition) is 3. The first kappa shape index (κ1) is 61.8. The van der Waals surface area contributed by atoms with Gasteiger partial charge in [-0.25, -0.2) is 0 Å². The Labute approximate surface area is 401 Å². The molecule has 0 fully saturated rings. The second-order valence-corrected chi connectivity index (χ2v) is 18.0. The van der Waals surface area contributed by atoms with E-state index < -0.39 is 18.2 Å². The van der Waals surface area contributed by atoms with Crippen molar-refractivity contribution in [3.63, 3.8) is 0 Å². The van der Waals surface area contributed by atoms with E-state index in [1.54, 1.807) is 0 Å². The summed E-state index contributed by atoms with van der Waals surface area (Å²) in [4.78, 5) is 26.2. The normalized spacial score (nSPS) is 14.0. The van der Waals surface area contributed by atoms with Gasteiger partial charge < -0.3 is 20.3 Å². The quantitative estimate of drug-likeness (QED) is 0.0245. The molecule has 0 saturated heterocycles. The van der Waals surface area contributed by atoms with E-state index in [2.05, 4.69) is 123 Å². The van der Waals surface area contributed by atoms with E-state index >= 15 is 0 Å². The minimum absolute atomic E-state index is 0.0250. The number of esters is 1. The second-order valence-electron chi connectivity index (χ2n) is 18.0. The molecule has 65 heavy (non-hydrogen) atoms. The van der Waals surface area contributed by atoms with Gasteiger partial charge in [-0.1, -0.05) is 234 Å². The SMILES string of the molecule is CCCCC/C=C\C/C=C\C/C=C\C/C=C\CCCC(CC(=O)NC(CO)C(O)CCCCCCCCCCCCC)OC(=O)CCCCCCC/C=C/C=C/C=C/C=C/CCCCC. The summed E-state index contributed by atoms with van der Waals surface area (Å²) in [5, 5.41) is 23.7. The van der Waals surface area contributed by atoms with Crippen LogP contribution >= 0.6 is 0 Å². The standard InChI is InChI=1S/C59H101NO5/c1-4-7-10-13-16-19-22-24-26-28-30-32-34-37-40-43-46-49-52-59(64)65-55(50-47-44-41-38-36-33-31-29-27-25-23-20-17-14-11-8-5-2)53-58(63)60-56(54-61)57(62)51-48-45-42-39-35-21-18-15-12-9-6-3/h16-17,19-20,22,24-28,30-33,38,41,55-57,61-62H,4-15,18,21,23,29,34-37,39-40,42-54H2,1-3H3,(H,60,63)/b19-16+,20-17-,24-22+,27-25-,28-26+,32-30+,33-31-,41-38-. The van der Waals surface area contributed by atoms with Crippen molar-refractivity contribution in [2.75, 3.05) is 6.61 Å². The predicted octanol–water partition coefficient (Wildman–Crippen LogP) is 16.5. The third-order valence-corrected chi connectivity index (χ3v) is 11.7. The molecule has 0 heterocycles. The third kappa shape index (κ3) is 47.1. The van der Waals surface area contributed by atoms with Gasteiger partial charge in [-0.05, 0) is 89.9 Å². The Bertz CT molecular complexity index is 1290. The van der Waals surface area contributed by atoms with Gasteiger partial charge in [0.2, 0.25) is 5.91 Å². The smallest absolute Gasteiger partial charge is 0.306 e. The number of allylic oxidation sites excluding steroid dienone is 16. The Morgan fingerprint density at radius 1 is 0.462 bits per heavy atom. The van der Waals surface area contributed by atoms with Crippen LogP contribution in [0.1, 0.15) is 239 Å². The number of hydrogen-bond acceptors (Lipinski definition) is 5. The van der Waals surface area contributed by atoms with Gasteiger partial charge in [0, 0.05) is 6.42 Å². The highest BCUT2D eigenvalue weighted by Gasteiger charge is 2.24. The van der Waals surface area contributed by atoms with Crippen molar-refractivity contribution < 1.29 is 24.5 Å². The van der Waals surface area contributed by atoms with Crippen molar-refractivity contribution in [1.29, 1.82) is 0 Å². The maximum absolute atomic E-state index is 13.2. The molecule has 0 aromatic carbocycles. The van der Waals surface area contributed by atoms with Crippen molar-refractivity contribution in [2.45, 2.75) is 257 Å². The highest BCUT2D eigenvalue weighted by molar-refractivity contribution is 5.77. The molecule has 3 atom stereocenters. The van der Waals surface area contributed by atoms with E-state index in [9.17, 15) is 19.8 Å². The number of carbonyl (C=O) groups excluding carboxylic acids is 2. The highest BCUT2D eigenvalue weighted by Crippen LogP contribution is 2.16. The van der Waals surface area contributed by atoms with Gasteiger partial charge in [-0.3, -0.25) is 9.59 Å². The van der Waals surface area contributed by atoms with Crippen LogP contribution < -0.4 is 5.32 Å². The molecule has 0 rings (SSSR count). The van der Waals surface area contributed by atoms with Crippen LogP contribution in [-0.2, 0) is 14.3 Å². The summed E-state index contributed by atoms with van der Waals surface area (Å²) in [6.07, 6.45) is 68.9. The summed E-state index contributed by atoms with van der Waals surface area (Å²) < 4.78 is 5.91. The maximum Gasteiger partial charge on any atom is 0.306 e. The van der Waals surface area contributed by atoms with Crippen LogP contribution in [-0.4, -0.2) is 46.9 Å². The van der Waals surface area contributed by atoms with Crippen molar-refractivity contribution in [1.82, 2.24) is 5.32 Å². The molecule has 6 nitrogen and oxygen atoms in total. The summed E-state index contributed by atoms with van der Waals surface area (Å²) in [7, 11) is 0. The molecule has 6 heteroatoms. The lowest BCUT2D eigenvalue weighted by molar-refractivity contribution is -0.151. The van der Waals surface area contributed by atoms with E-state index in [0.717, 1.165) is 96.3 Å². The van der Waals surface area contributed by atoms with Gasteiger partial charge in [0.15, 0.2) is 0 Å². The summed E-state index contributed by atoms with van der Waals surface area (Å²) in [6.45, 7) is 6.39. The van der Waals surface area contributed by atoms with Crippen LogP contribution in [0, 0.1) is 0 Å². The molecule has 0 radical (unpaired) electrons. The largest absolute Gasteiger partial charge is 0.462 e. The Balaban J connectivity index is 4.76. The average molecular weight is 904 g/mol. The maximum atomic E-state index is 13.2. The van der Waals surface area contributed by atoms with E-state index in [-0.39, 0.29) is 24.9 Å². The molecule has 0 aliphatic heterocycles. The molecule has 0 aliphatic carbocycles. The molecule has 3 unspecified atom stereocenters. The molecule has 0 bridgehead atoms.